The van der Waals surface area contributed by atoms with E-state index in [0.29, 0.717) is 11.4 Å². The second-order valence-corrected chi connectivity index (χ2v) is 5.79. The molecule has 1 amide bonds. The van der Waals surface area contributed by atoms with Crippen molar-refractivity contribution in [3.8, 4) is 5.75 Å². The Hall–Kier alpha value is -1.14. The van der Waals surface area contributed by atoms with E-state index in [0.717, 1.165) is 4.47 Å². The highest BCUT2D eigenvalue weighted by atomic mass is 79.9. The average molecular weight is 345 g/mol. The lowest BCUT2D eigenvalue weighted by Crippen LogP contribution is -2.36. The number of hydrogen-bond acceptors (Lipinski definition) is 3. The fourth-order valence-corrected chi connectivity index (χ4v) is 2.51. The zero-order chi connectivity index (χ0) is 14.6. The average Bonchev–Trinajstić information content (AvgIpc) is 2.30. The van der Waals surface area contributed by atoms with E-state index < -0.39 is 5.92 Å². The summed E-state index contributed by atoms with van der Waals surface area (Å²) in [5, 5.41) is 2.80. The highest BCUT2D eigenvalue weighted by molar-refractivity contribution is 9.10. The molecule has 0 spiro atoms. The molecule has 0 radical (unpaired) electrons. The fourth-order valence-electron chi connectivity index (χ4n) is 1.72. The Labute approximate surface area is 126 Å². The molecule has 0 aromatic heterocycles. The number of carbonyl (C=O) groups is 1. The molecule has 0 aliphatic heterocycles. The van der Waals surface area contributed by atoms with E-state index >= 15 is 0 Å². The Morgan fingerprint density at radius 3 is 2.58 bits per heavy atom. The number of thiocarbonyl (C=S) groups is 1. The fraction of sp³-hybridized carbons (Fsp3) is 0.385. The van der Waals surface area contributed by atoms with E-state index in [9.17, 15) is 4.79 Å². The largest absolute Gasteiger partial charge is 0.495 e. The first kappa shape index (κ1) is 15.9. The van der Waals surface area contributed by atoms with Gasteiger partial charge in [-0.3, -0.25) is 4.79 Å². The predicted octanol–water partition coefficient (Wildman–Crippen LogP) is 2.95. The maximum atomic E-state index is 12.1. The molecule has 19 heavy (non-hydrogen) atoms. The summed E-state index contributed by atoms with van der Waals surface area (Å²) in [4.78, 5) is 12.4. The van der Waals surface area contributed by atoms with Gasteiger partial charge in [-0.25, -0.2) is 0 Å². The van der Waals surface area contributed by atoms with Crippen LogP contribution in [-0.4, -0.2) is 18.0 Å². The van der Waals surface area contributed by atoms with E-state index in [1.54, 1.807) is 25.3 Å². The Bertz CT molecular complexity index is 492. The number of rotatable bonds is 5. The van der Waals surface area contributed by atoms with Gasteiger partial charge in [0.2, 0.25) is 5.91 Å². The summed E-state index contributed by atoms with van der Waals surface area (Å²) in [5.41, 5.74) is 6.26. The molecule has 1 rings (SSSR count). The van der Waals surface area contributed by atoms with Crippen LogP contribution in [0.1, 0.15) is 13.8 Å². The Morgan fingerprint density at radius 1 is 1.47 bits per heavy atom. The first-order valence-corrected chi connectivity index (χ1v) is 7.00. The molecular formula is C13H17BrN2O2S. The number of anilines is 1. The standard InChI is InChI=1S/C13H17BrN2O2S/c1-7(2)11(12(15)19)13(17)16-8-4-5-9(14)10(6-8)18-3/h4-7,11H,1-3H3,(H2,15,19)(H,16,17). The van der Waals surface area contributed by atoms with Crippen LogP contribution in [0.4, 0.5) is 5.69 Å². The lowest BCUT2D eigenvalue weighted by molar-refractivity contribution is -0.118. The SMILES string of the molecule is COc1cc(NC(=O)C(C(N)=S)C(C)C)ccc1Br. The van der Waals surface area contributed by atoms with Crippen LogP contribution in [0.25, 0.3) is 0 Å². The van der Waals surface area contributed by atoms with Crippen molar-refractivity contribution < 1.29 is 9.53 Å². The molecule has 3 N–H and O–H groups in total. The number of benzene rings is 1. The topological polar surface area (TPSA) is 64.3 Å². The molecule has 1 aromatic rings. The van der Waals surface area contributed by atoms with Gasteiger partial charge in [-0.15, -0.1) is 0 Å². The third-order valence-corrected chi connectivity index (χ3v) is 3.58. The molecule has 1 unspecified atom stereocenters. The van der Waals surface area contributed by atoms with E-state index in [1.807, 2.05) is 13.8 Å². The van der Waals surface area contributed by atoms with E-state index in [1.165, 1.54) is 0 Å². The van der Waals surface area contributed by atoms with Crippen molar-refractivity contribution in [2.75, 3.05) is 12.4 Å². The molecule has 0 aliphatic carbocycles. The summed E-state index contributed by atoms with van der Waals surface area (Å²) in [7, 11) is 1.57. The third kappa shape index (κ3) is 4.18. The summed E-state index contributed by atoms with van der Waals surface area (Å²) in [6, 6.07) is 5.32. The molecule has 1 atom stereocenters. The quantitative estimate of drug-likeness (QED) is 0.806. The summed E-state index contributed by atoms with van der Waals surface area (Å²) in [6.07, 6.45) is 0. The normalized spacial score (nSPS) is 12.1. The number of halogens is 1. The molecule has 104 valence electrons. The van der Waals surface area contributed by atoms with Crippen LogP contribution in [0.3, 0.4) is 0 Å². The van der Waals surface area contributed by atoms with E-state index in [-0.39, 0.29) is 16.8 Å². The molecule has 0 bridgehead atoms. The Kier molecular flexibility index (Phi) is 5.75. The molecule has 0 aliphatic rings. The number of hydrogen-bond donors (Lipinski definition) is 2. The Balaban J connectivity index is 2.90. The molecule has 6 heteroatoms. The van der Waals surface area contributed by atoms with Gasteiger partial charge in [-0.1, -0.05) is 26.1 Å². The van der Waals surface area contributed by atoms with Gasteiger partial charge < -0.3 is 15.8 Å². The molecule has 0 heterocycles. The molecule has 0 saturated carbocycles. The molecule has 0 saturated heterocycles. The van der Waals surface area contributed by atoms with Crippen LogP contribution >= 0.6 is 28.1 Å². The van der Waals surface area contributed by atoms with Crippen LogP contribution in [0.2, 0.25) is 0 Å². The van der Waals surface area contributed by atoms with E-state index in [4.69, 9.17) is 22.7 Å². The van der Waals surface area contributed by atoms with Gasteiger partial charge in [-0.2, -0.15) is 0 Å². The van der Waals surface area contributed by atoms with Gasteiger partial charge in [0.15, 0.2) is 0 Å². The number of nitrogens with one attached hydrogen (secondary N) is 1. The molecule has 1 aromatic carbocycles. The summed E-state index contributed by atoms with van der Waals surface area (Å²) >= 11 is 8.29. The van der Waals surface area contributed by atoms with Crippen molar-refractivity contribution in [2.24, 2.45) is 17.6 Å². The maximum absolute atomic E-state index is 12.1. The number of methoxy groups -OCH3 is 1. The van der Waals surface area contributed by atoms with Crippen LogP contribution < -0.4 is 15.8 Å². The number of amides is 1. The molecule has 4 nitrogen and oxygen atoms in total. The van der Waals surface area contributed by atoms with Gasteiger partial charge in [0, 0.05) is 11.8 Å². The van der Waals surface area contributed by atoms with Crippen molar-refractivity contribution in [3.63, 3.8) is 0 Å². The van der Waals surface area contributed by atoms with Gasteiger partial charge >= 0.3 is 0 Å². The zero-order valence-electron chi connectivity index (χ0n) is 11.1. The minimum Gasteiger partial charge on any atom is -0.495 e. The number of ether oxygens (including phenoxy) is 1. The number of carbonyl (C=O) groups excluding carboxylic acids is 1. The van der Waals surface area contributed by atoms with E-state index in [2.05, 4.69) is 21.2 Å². The van der Waals surface area contributed by atoms with Crippen molar-refractivity contribution in [1.82, 2.24) is 0 Å². The lowest BCUT2D eigenvalue weighted by atomic mass is 9.95. The summed E-state index contributed by atoms with van der Waals surface area (Å²) in [5.74, 6) is 0.0144. The monoisotopic (exact) mass is 344 g/mol. The Morgan fingerprint density at radius 2 is 2.11 bits per heavy atom. The first-order valence-electron chi connectivity index (χ1n) is 5.80. The van der Waals surface area contributed by atoms with Crippen molar-refractivity contribution in [3.05, 3.63) is 22.7 Å². The van der Waals surface area contributed by atoms with Crippen molar-refractivity contribution in [1.29, 1.82) is 0 Å². The van der Waals surface area contributed by atoms with Crippen LogP contribution in [0.15, 0.2) is 22.7 Å². The van der Waals surface area contributed by atoms with Crippen LogP contribution in [0, 0.1) is 11.8 Å². The zero-order valence-corrected chi connectivity index (χ0v) is 13.5. The lowest BCUT2D eigenvalue weighted by Gasteiger charge is -2.19. The maximum Gasteiger partial charge on any atom is 0.234 e. The van der Waals surface area contributed by atoms with Gasteiger partial charge in [0.1, 0.15) is 5.75 Å². The van der Waals surface area contributed by atoms with Gasteiger partial charge in [0.05, 0.1) is 22.5 Å². The van der Waals surface area contributed by atoms with Crippen LogP contribution in [0.5, 0.6) is 5.75 Å². The highest BCUT2D eigenvalue weighted by Crippen LogP contribution is 2.28. The van der Waals surface area contributed by atoms with Crippen molar-refractivity contribution >= 4 is 44.7 Å². The second kappa shape index (κ2) is 6.86. The highest BCUT2D eigenvalue weighted by Gasteiger charge is 2.25. The first-order chi connectivity index (χ1) is 8.86. The summed E-state index contributed by atoms with van der Waals surface area (Å²) in [6.45, 7) is 3.82. The molecule has 0 fully saturated rings. The summed E-state index contributed by atoms with van der Waals surface area (Å²) < 4.78 is 6.00. The molecular weight excluding hydrogens is 328 g/mol. The predicted molar refractivity (Wildman–Crippen MR) is 84.4 cm³/mol. The smallest absolute Gasteiger partial charge is 0.234 e. The van der Waals surface area contributed by atoms with Crippen molar-refractivity contribution in [2.45, 2.75) is 13.8 Å². The second-order valence-electron chi connectivity index (χ2n) is 4.46. The number of nitrogens with two attached hydrogens (primary N) is 1. The third-order valence-electron chi connectivity index (χ3n) is 2.67. The minimum absolute atomic E-state index is 0.0508. The minimum atomic E-state index is -0.482. The van der Waals surface area contributed by atoms with Gasteiger partial charge in [-0.05, 0) is 34.0 Å². The van der Waals surface area contributed by atoms with Crippen LogP contribution in [-0.2, 0) is 4.79 Å². The van der Waals surface area contributed by atoms with Gasteiger partial charge in [0.25, 0.3) is 0 Å².